The molecule has 21 heavy (non-hydrogen) atoms. The summed E-state index contributed by atoms with van der Waals surface area (Å²) >= 11 is 0. The molecule has 2 atom stereocenters. The number of rotatable bonds is 4. The molecule has 0 spiro atoms. The molecule has 0 saturated heterocycles. The summed E-state index contributed by atoms with van der Waals surface area (Å²) < 4.78 is 11.0. The molecule has 2 aromatic rings. The van der Waals surface area contributed by atoms with Crippen LogP contribution in [0, 0.1) is 0 Å². The Morgan fingerprint density at radius 3 is 2.57 bits per heavy atom. The molecule has 2 aromatic carbocycles. The molecule has 0 fully saturated rings. The summed E-state index contributed by atoms with van der Waals surface area (Å²) in [6.07, 6.45) is 2.98. The molecule has 0 aliphatic heterocycles. The van der Waals surface area contributed by atoms with Gasteiger partial charge in [-0.3, -0.25) is 0 Å². The quantitative estimate of drug-likeness (QED) is 0.934. The van der Waals surface area contributed by atoms with Crippen LogP contribution in [0.4, 0.5) is 0 Å². The van der Waals surface area contributed by atoms with Gasteiger partial charge in [-0.1, -0.05) is 48.6 Å². The molecule has 108 valence electrons. The van der Waals surface area contributed by atoms with Crippen LogP contribution in [0.5, 0.6) is 5.75 Å². The van der Waals surface area contributed by atoms with E-state index in [0.29, 0.717) is 6.61 Å². The molecule has 0 bridgehead atoms. The SMILES string of the molecule is COc1ccc(COC2C=Cc3ccccc3C2O)cc1. The Morgan fingerprint density at radius 1 is 1.05 bits per heavy atom. The first-order valence-electron chi connectivity index (χ1n) is 6.97. The lowest BCUT2D eigenvalue weighted by Gasteiger charge is -2.25. The van der Waals surface area contributed by atoms with Crippen molar-refractivity contribution in [2.45, 2.75) is 18.8 Å². The number of fused-ring (bicyclic) bond motifs is 1. The van der Waals surface area contributed by atoms with E-state index < -0.39 is 6.10 Å². The predicted molar refractivity (Wildman–Crippen MR) is 82.0 cm³/mol. The Morgan fingerprint density at radius 2 is 1.81 bits per heavy atom. The van der Waals surface area contributed by atoms with Gasteiger partial charge in [0, 0.05) is 0 Å². The predicted octanol–water partition coefficient (Wildman–Crippen LogP) is 3.34. The van der Waals surface area contributed by atoms with Gasteiger partial charge in [0.05, 0.1) is 13.7 Å². The van der Waals surface area contributed by atoms with Gasteiger partial charge >= 0.3 is 0 Å². The summed E-state index contributed by atoms with van der Waals surface area (Å²) in [6, 6.07) is 15.6. The van der Waals surface area contributed by atoms with Crippen LogP contribution in [-0.4, -0.2) is 18.3 Å². The Kier molecular flexibility index (Phi) is 4.04. The number of hydrogen-bond acceptors (Lipinski definition) is 3. The van der Waals surface area contributed by atoms with Crippen LogP contribution in [0.25, 0.3) is 6.08 Å². The summed E-state index contributed by atoms with van der Waals surface area (Å²) in [5.74, 6) is 0.824. The maximum absolute atomic E-state index is 10.4. The first kappa shape index (κ1) is 13.9. The normalized spacial score (nSPS) is 20.1. The van der Waals surface area contributed by atoms with Gasteiger partial charge in [0.1, 0.15) is 18.0 Å². The lowest BCUT2D eigenvalue weighted by Crippen LogP contribution is -2.23. The Bertz CT molecular complexity index is 631. The van der Waals surface area contributed by atoms with Crippen LogP contribution in [0.1, 0.15) is 22.8 Å². The number of hydrogen-bond donors (Lipinski definition) is 1. The Balaban J connectivity index is 1.66. The fraction of sp³-hybridized carbons (Fsp3) is 0.222. The Labute approximate surface area is 124 Å². The molecule has 3 heteroatoms. The van der Waals surface area contributed by atoms with Crippen molar-refractivity contribution in [3.8, 4) is 5.75 Å². The summed E-state index contributed by atoms with van der Waals surface area (Å²) in [5.41, 5.74) is 3.02. The van der Waals surface area contributed by atoms with E-state index in [2.05, 4.69) is 0 Å². The zero-order valence-electron chi connectivity index (χ0n) is 11.9. The number of benzene rings is 2. The van der Waals surface area contributed by atoms with Gasteiger partial charge in [-0.05, 0) is 28.8 Å². The maximum Gasteiger partial charge on any atom is 0.118 e. The molecule has 1 N–H and O–H groups in total. The molecule has 3 rings (SSSR count). The van der Waals surface area contributed by atoms with Crippen LogP contribution in [0.15, 0.2) is 54.6 Å². The average Bonchev–Trinajstić information content (AvgIpc) is 2.55. The number of aliphatic hydroxyl groups excluding tert-OH is 1. The van der Waals surface area contributed by atoms with Gasteiger partial charge in [0.25, 0.3) is 0 Å². The zero-order chi connectivity index (χ0) is 14.7. The monoisotopic (exact) mass is 282 g/mol. The van der Waals surface area contributed by atoms with E-state index in [0.717, 1.165) is 22.4 Å². The van der Waals surface area contributed by atoms with Crippen molar-refractivity contribution in [2.75, 3.05) is 7.11 Å². The van der Waals surface area contributed by atoms with Crippen molar-refractivity contribution in [1.29, 1.82) is 0 Å². The van der Waals surface area contributed by atoms with E-state index in [4.69, 9.17) is 9.47 Å². The van der Waals surface area contributed by atoms with Crippen LogP contribution in [0.3, 0.4) is 0 Å². The van der Waals surface area contributed by atoms with Crippen LogP contribution < -0.4 is 4.74 Å². The lowest BCUT2D eigenvalue weighted by atomic mass is 9.93. The highest BCUT2D eigenvalue weighted by Gasteiger charge is 2.24. The number of methoxy groups -OCH3 is 1. The van der Waals surface area contributed by atoms with E-state index in [1.807, 2.05) is 60.7 Å². The van der Waals surface area contributed by atoms with Gasteiger partial charge in [0.2, 0.25) is 0 Å². The molecular weight excluding hydrogens is 264 g/mol. The average molecular weight is 282 g/mol. The van der Waals surface area contributed by atoms with Crippen molar-refractivity contribution in [2.24, 2.45) is 0 Å². The topological polar surface area (TPSA) is 38.7 Å². The van der Waals surface area contributed by atoms with Crippen molar-refractivity contribution in [1.82, 2.24) is 0 Å². The van der Waals surface area contributed by atoms with Crippen molar-refractivity contribution >= 4 is 6.08 Å². The summed E-state index contributed by atoms with van der Waals surface area (Å²) in [4.78, 5) is 0. The maximum atomic E-state index is 10.4. The standard InChI is InChI=1S/C18H18O3/c1-20-15-9-6-13(7-10-15)12-21-17-11-8-14-4-2-3-5-16(14)18(17)19/h2-11,17-19H,12H2,1H3. The van der Waals surface area contributed by atoms with Crippen LogP contribution in [-0.2, 0) is 11.3 Å². The summed E-state index contributed by atoms with van der Waals surface area (Å²) in [6.45, 7) is 0.457. The highest BCUT2D eigenvalue weighted by molar-refractivity contribution is 5.58. The lowest BCUT2D eigenvalue weighted by molar-refractivity contribution is -0.0206. The van der Waals surface area contributed by atoms with Gasteiger partial charge in [-0.2, -0.15) is 0 Å². The molecule has 3 nitrogen and oxygen atoms in total. The number of aliphatic hydroxyl groups is 1. The first-order chi connectivity index (χ1) is 10.3. The van der Waals surface area contributed by atoms with Crippen molar-refractivity contribution in [3.63, 3.8) is 0 Å². The third-order valence-electron chi connectivity index (χ3n) is 3.69. The second-order valence-corrected chi connectivity index (χ2v) is 5.06. The highest BCUT2D eigenvalue weighted by Crippen LogP contribution is 2.30. The third-order valence-corrected chi connectivity index (χ3v) is 3.69. The second-order valence-electron chi connectivity index (χ2n) is 5.06. The fourth-order valence-electron chi connectivity index (χ4n) is 2.47. The molecule has 0 saturated carbocycles. The van der Waals surface area contributed by atoms with Crippen molar-refractivity contribution in [3.05, 3.63) is 71.3 Å². The van der Waals surface area contributed by atoms with E-state index in [1.54, 1.807) is 7.11 Å². The van der Waals surface area contributed by atoms with Gasteiger partial charge in [-0.25, -0.2) is 0 Å². The van der Waals surface area contributed by atoms with E-state index in [1.165, 1.54) is 0 Å². The van der Waals surface area contributed by atoms with Gasteiger partial charge in [-0.15, -0.1) is 0 Å². The molecular formula is C18H18O3. The number of ether oxygens (including phenoxy) is 2. The minimum atomic E-state index is -0.621. The molecule has 0 radical (unpaired) electrons. The summed E-state index contributed by atoms with van der Waals surface area (Å²) in [5, 5.41) is 10.4. The van der Waals surface area contributed by atoms with Crippen LogP contribution in [0.2, 0.25) is 0 Å². The molecule has 0 heterocycles. The van der Waals surface area contributed by atoms with Crippen molar-refractivity contribution < 1.29 is 14.6 Å². The van der Waals surface area contributed by atoms with E-state index in [9.17, 15) is 5.11 Å². The molecule has 1 aliphatic carbocycles. The van der Waals surface area contributed by atoms with Gasteiger partial charge in [0.15, 0.2) is 0 Å². The largest absolute Gasteiger partial charge is 0.497 e. The zero-order valence-corrected chi connectivity index (χ0v) is 11.9. The fourth-order valence-corrected chi connectivity index (χ4v) is 2.47. The molecule has 1 aliphatic rings. The Hall–Kier alpha value is -2.10. The van der Waals surface area contributed by atoms with E-state index in [-0.39, 0.29) is 6.10 Å². The highest BCUT2D eigenvalue weighted by atomic mass is 16.5. The third kappa shape index (κ3) is 2.99. The molecule has 0 amide bonds. The summed E-state index contributed by atoms with van der Waals surface area (Å²) in [7, 11) is 1.64. The minimum absolute atomic E-state index is 0.318. The van der Waals surface area contributed by atoms with Gasteiger partial charge < -0.3 is 14.6 Å². The molecule has 2 unspecified atom stereocenters. The van der Waals surface area contributed by atoms with Crippen LogP contribution >= 0.6 is 0 Å². The van der Waals surface area contributed by atoms with E-state index >= 15 is 0 Å². The smallest absolute Gasteiger partial charge is 0.118 e. The first-order valence-corrected chi connectivity index (χ1v) is 6.97. The second kappa shape index (κ2) is 6.12. The molecule has 0 aromatic heterocycles. The minimum Gasteiger partial charge on any atom is -0.497 e.